The van der Waals surface area contributed by atoms with Gasteiger partial charge in [-0.05, 0) is 12.5 Å². The predicted molar refractivity (Wildman–Crippen MR) is 58.3 cm³/mol. The second-order valence-corrected chi connectivity index (χ2v) is 3.01. The number of benzene rings is 1. The highest BCUT2D eigenvalue weighted by Crippen LogP contribution is 2.00. The highest BCUT2D eigenvalue weighted by atomic mass is 14.6. The minimum atomic E-state index is 0.125. The van der Waals surface area contributed by atoms with E-state index in [1.54, 1.807) is 0 Å². The fourth-order valence-corrected chi connectivity index (χ4v) is 0.970. The second-order valence-electron chi connectivity index (χ2n) is 3.01. The monoisotopic (exact) mass is 173 g/mol. The smallest absolute Gasteiger partial charge is 0.0197 e. The number of nitrogens with two attached hydrogens (primary N) is 1. The molecule has 0 saturated heterocycles. The summed E-state index contributed by atoms with van der Waals surface area (Å²) < 4.78 is 0. The van der Waals surface area contributed by atoms with Gasteiger partial charge in [0.1, 0.15) is 0 Å². The molecule has 0 unspecified atom stereocenters. The molecule has 0 aliphatic heterocycles. The third-order valence-corrected chi connectivity index (χ3v) is 1.61. The van der Waals surface area contributed by atoms with Crippen LogP contribution in [0.2, 0.25) is 0 Å². The Morgan fingerprint density at radius 3 is 2.46 bits per heavy atom. The highest BCUT2D eigenvalue weighted by molar-refractivity contribution is 5.50. The molecular formula is C12H15N. The van der Waals surface area contributed by atoms with Crippen molar-refractivity contribution in [1.82, 2.24) is 0 Å². The first-order valence-corrected chi connectivity index (χ1v) is 4.44. The van der Waals surface area contributed by atoms with Crippen LogP contribution < -0.4 is 5.73 Å². The molecule has 0 fully saturated rings. The van der Waals surface area contributed by atoms with Gasteiger partial charge in [0.05, 0.1) is 0 Å². The summed E-state index contributed by atoms with van der Waals surface area (Å²) >= 11 is 0. The van der Waals surface area contributed by atoms with E-state index in [4.69, 9.17) is 5.73 Å². The van der Waals surface area contributed by atoms with Gasteiger partial charge in [0.25, 0.3) is 0 Å². The molecule has 1 aromatic rings. The maximum Gasteiger partial charge on any atom is 0.0197 e. The Morgan fingerprint density at radius 2 is 1.85 bits per heavy atom. The third kappa shape index (κ3) is 4.28. The van der Waals surface area contributed by atoms with Crippen LogP contribution in [0.25, 0.3) is 6.08 Å². The molecule has 68 valence electrons. The zero-order valence-corrected chi connectivity index (χ0v) is 7.85. The van der Waals surface area contributed by atoms with Crippen LogP contribution in [0.5, 0.6) is 0 Å². The van der Waals surface area contributed by atoms with Crippen molar-refractivity contribution in [3.63, 3.8) is 0 Å². The average molecular weight is 173 g/mol. The lowest BCUT2D eigenvalue weighted by Gasteiger charge is -1.91. The minimum Gasteiger partial charge on any atom is -0.325 e. The van der Waals surface area contributed by atoms with Crippen LogP contribution in [0.1, 0.15) is 12.5 Å². The fraction of sp³-hybridized carbons (Fsp3) is 0.167. The molecule has 0 bridgehead atoms. The summed E-state index contributed by atoms with van der Waals surface area (Å²) in [6.45, 7) is 1.95. The normalized spacial score (nSPS) is 14.0. The van der Waals surface area contributed by atoms with E-state index < -0.39 is 0 Å². The predicted octanol–water partition coefficient (Wildman–Crippen LogP) is 2.60. The Kier molecular flexibility index (Phi) is 4.00. The van der Waals surface area contributed by atoms with Crippen LogP contribution in [0.4, 0.5) is 0 Å². The number of rotatable bonds is 3. The van der Waals surface area contributed by atoms with Gasteiger partial charge in [-0.15, -0.1) is 0 Å². The van der Waals surface area contributed by atoms with Crippen LogP contribution in [-0.4, -0.2) is 6.04 Å². The molecule has 1 aromatic carbocycles. The molecule has 1 rings (SSSR count). The maximum atomic E-state index is 5.55. The van der Waals surface area contributed by atoms with Crippen molar-refractivity contribution in [3.05, 3.63) is 54.1 Å². The summed E-state index contributed by atoms with van der Waals surface area (Å²) in [5, 5.41) is 0. The van der Waals surface area contributed by atoms with Crippen molar-refractivity contribution in [1.29, 1.82) is 0 Å². The zero-order valence-electron chi connectivity index (χ0n) is 7.85. The van der Waals surface area contributed by atoms with E-state index in [9.17, 15) is 0 Å². The van der Waals surface area contributed by atoms with E-state index >= 15 is 0 Å². The Morgan fingerprint density at radius 1 is 1.15 bits per heavy atom. The van der Waals surface area contributed by atoms with Gasteiger partial charge in [-0.25, -0.2) is 0 Å². The summed E-state index contributed by atoms with van der Waals surface area (Å²) in [4.78, 5) is 0. The first-order valence-electron chi connectivity index (χ1n) is 4.44. The molecule has 0 aromatic heterocycles. The van der Waals surface area contributed by atoms with Crippen molar-refractivity contribution in [3.8, 4) is 0 Å². The topological polar surface area (TPSA) is 26.0 Å². The summed E-state index contributed by atoms with van der Waals surface area (Å²) in [6.07, 6.45) is 7.98. The van der Waals surface area contributed by atoms with Crippen LogP contribution in [0.3, 0.4) is 0 Å². The molecule has 0 aliphatic carbocycles. The summed E-state index contributed by atoms with van der Waals surface area (Å²) in [5.74, 6) is 0. The van der Waals surface area contributed by atoms with Crippen LogP contribution in [0, 0.1) is 0 Å². The fourth-order valence-electron chi connectivity index (χ4n) is 0.970. The number of allylic oxidation sites excluding steroid dienone is 2. The van der Waals surface area contributed by atoms with Crippen LogP contribution >= 0.6 is 0 Å². The molecule has 0 spiro atoms. The van der Waals surface area contributed by atoms with Crippen LogP contribution in [0.15, 0.2) is 48.6 Å². The minimum absolute atomic E-state index is 0.125. The molecule has 0 saturated carbocycles. The molecule has 0 heterocycles. The van der Waals surface area contributed by atoms with Gasteiger partial charge in [-0.3, -0.25) is 0 Å². The van der Waals surface area contributed by atoms with Gasteiger partial charge >= 0.3 is 0 Å². The Bertz CT molecular complexity index is 283. The van der Waals surface area contributed by atoms with Gasteiger partial charge in [-0.1, -0.05) is 54.6 Å². The standard InChI is InChI=1S/C12H15N/c1-11(13)7-5-6-10-12-8-3-2-4-9-12/h2-11H,13H2,1H3/b7-5+,10-6+/t11-/m0/s1. The molecular weight excluding hydrogens is 158 g/mol. The lowest BCUT2D eigenvalue weighted by atomic mass is 10.2. The molecule has 0 radical (unpaired) electrons. The van der Waals surface area contributed by atoms with Crippen molar-refractivity contribution >= 4 is 6.08 Å². The zero-order chi connectivity index (χ0) is 9.52. The third-order valence-electron chi connectivity index (χ3n) is 1.61. The lowest BCUT2D eigenvalue weighted by molar-refractivity contribution is 0.926. The van der Waals surface area contributed by atoms with Gasteiger partial charge in [0.2, 0.25) is 0 Å². The molecule has 2 N–H and O–H groups in total. The summed E-state index contributed by atoms with van der Waals surface area (Å²) in [6, 6.07) is 10.3. The Hall–Kier alpha value is -1.34. The van der Waals surface area contributed by atoms with E-state index in [-0.39, 0.29) is 6.04 Å². The average Bonchev–Trinajstić information content (AvgIpc) is 2.14. The quantitative estimate of drug-likeness (QED) is 0.698. The van der Waals surface area contributed by atoms with E-state index in [1.807, 2.05) is 43.4 Å². The summed E-state index contributed by atoms with van der Waals surface area (Å²) in [7, 11) is 0. The molecule has 1 nitrogen and oxygen atoms in total. The largest absolute Gasteiger partial charge is 0.325 e. The van der Waals surface area contributed by atoms with Gasteiger partial charge in [0.15, 0.2) is 0 Å². The first kappa shape index (κ1) is 9.75. The second kappa shape index (κ2) is 5.33. The van der Waals surface area contributed by atoms with Gasteiger partial charge < -0.3 is 5.73 Å². The Labute approximate surface area is 79.6 Å². The van der Waals surface area contributed by atoms with E-state index in [0.29, 0.717) is 0 Å². The van der Waals surface area contributed by atoms with Crippen LogP contribution in [-0.2, 0) is 0 Å². The van der Waals surface area contributed by atoms with E-state index in [2.05, 4.69) is 18.2 Å². The van der Waals surface area contributed by atoms with E-state index in [1.165, 1.54) is 5.56 Å². The van der Waals surface area contributed by atoms with Crippen molar-refractivity contribution in [2.45, 2.75) is 13.0 Å². The molecule has 13 heavy (non-hydrogen) atoms. The van der Waals surface area contributed by atoms with Gasteiger partial charge in [-0.2, -0.15) is 0 Å². The summed E-state index contributed by atoms with van der Waals surface area (Å²) in [5.41, 5.74) is 6.76. The molecule has 0 amide bonds. The SMILES string of the molecule is C[C@H](N)/C=C/C=C/c1ccccc1. The Balaban J connectivity index is 2.50. The first-order chi connectivity index (χ1) is 6.29. The highest BCUT2D eigenvalue weighted by Gasteiger charge is 1.81. The lowest BCUT2D eigenvalue weighted by Crippen LogP contribution is -2.09. The number of hydrogen-bond acceptors (Lipinski definition) is 1. The van der Waals surface area contributed by atoms with Crippen molar-refractivity contribution < 1.29 is 0 Å². The molecule has 1 atom stereocenters. The maximum absolute atomic E-state index is 5.55. The van der Waals surface area contributed by atoms with Gasteiger partial charge in [0, 0.05) is 6.04 Å². The van der Waals surface area contributed by atoms with E-state index in [0.717, 1.165) is 0 Å². The molecule has 0 aliphatic rings. The van der Waals surface area contributed by atoms with Crippen molar-refractivity contribution in [2.24, 2.45) is 5.73 Å². The van der Waals surface area contributed by atoms with Crippen molar-refractivity contribution in [2.75, 3.05) is 0 Å². The molecule has 1 heteroatoms. The number of hydrogen-bond donors (Lipinski definition) is 1.